The third kappa shape index (κ3) is 3.25. The Hall–Kier alpha value is -2.94. The Balaban J connectivity index is 1.70. The van der Waals surface area contributed by atoms with Gasteiger partial charge in [0.25, 0.3) is 0 Å². The van der Waals surface area contributed by atoms with Crippen LogP contribution in [0.3, 0.4) is 0 Å². The number of fused-ring (bicyclic) bond motifs is 1. The Morgan fingerprint density at radius 3 is 2.38 bits per heavy atom. The third-order valence-corrected chi connectivity index (χ3v) is 5.05. The van der Waals surface area contributed by atoms with Gasteiger partial charge >= 0.3 is 0 Å². The van der Waals surface area contributed by atoms with Gasteiger partial charge in [0, 0.05) is 24.2 Å². The molecule has 3 aromatic carbocycles. The second kappa shape index (κ2) is 7.12. The molecule has 0 aliphatic carbocycles. The van der Waals surface area contributed by atoms with E-state index < -0.39 is 0 Å². The number of benzene rings is 3. The van der Waals surface area contributed by atoms with Crippen LogP contribution in [0.2, 0.25) is 0 Å². The second-order valence-electron chi connectivity index (χ2n) is 6.63. The molecular formula is C23H20FNO. The van der Waals surface area contributed by atoms with Crippen molar-refractivity contribution >= 4 is 11.5 Å². The zero-order chi connectivity index (χ0) is 17.9. The summed E-state index contributed by atoms with van der Waals surface area (Å²) >= 11 is 0. The molecule has 0 fully saturated rings. The predicted octanol–water partition coefficient (Wildman–Crippen LogP) is 5.20. The highest BCUT2D eigenvalue weighted by atomic mass is 19.1. The number of ketones is 1. The van der Waals surface area contributed by atoms with Gasteiger partial charge in [-0.05, 0) is 41.8 Å². The van der Waals surface area contributed by atoms with Crippen LogP contribution in [-0.4, -0.2) is 12.3 Å². The largest absolute Gasteiger partial charge is 0.364 e. The van der Waals surface area contributed by atoms with Gasteiger partial charge in [-0.15, -0.1) is 0 Å². The molecule has 1 unspecified atom stereocenters. The van der Waals surface area contributed by atoms with Crippen LogP contribution in [0.25, 0.3) is 0 Å². The molecule has 3 aromatic rings. The molecule has 0 aromatic heterocycles. The summed E-state index contributed by atoms with van der Waals surface area (Å²) < 4.78 is 13.3. The molecule has 2 nitrogen and oxygen atoms in total. The van der Waals surface area contributed by atoms with Crippen LogP contribution in [0.15, 0.2) is 78.9 Å². The minimum atomic E-state index is -0.247. The Labute approximate surface area is 152 Å². The number of anilines is 1. The number of Topliss-reactive ketones (excluding diaryl/α,β-unsaturated/α-hetero) is 1. The molecule has 1 aliphatic rings. The quantitative estimate of drug-likeness (QED) is 0.606. The summed E-state index contributed by atoms with van der Waals surface area (Å²) in [5.41, 5.74) is 4.16. The molecule has 0 bridgehead atoms. The lowest BCUT2D eigenvalue weighted by Crippen LogP contribution is -2.36. The van der Waals surface area contributed by atoms with E-state index in [0.717, 1.165) is 24.2 Å². The van der Waals surface area contributed by atoms with Crippen molar-refractivity contribution in [2.75, 3.05) is 11.4 Å². The zero-order valence-electron chi connectivity index (χ0n) is 14.4. The standard InChI is InChI=1S/C23H20FNO/c24-19-10-12-20(13-11-19)25-15-14-17-6-4-5-9-21(17)22(25)16-23(26)18-7-2-1-3-8-18/h1-13,22H,14-16H2. The van der Waals surface area contributed by atoms with Gasteiger partial charge in [0.1, 0.15) is 5.82 Å². The van der Waals surface area contributed by atoms with Crippen LogP contribution in [0.4, 0.5) is 10.1 Å². The summed E-state index contributed by atoms with van der Waals surface area (Å²) in [6, 6.07) is 24.2. The van der Waals surface area contributed by atoms with E-state index in [1.54, 1.807) is 12.1 Å². The van der Waals surface area contributed by atoms with Gasteiger partial charge in [0.05, 0.1) is 6.04 Å². The maximum atomic E-state index is 13.3. The number of halogens is 1. The summed E-state index contributed by atoms with van der Waals surface area (Å²) in [7, 11) is 0. The van der Waals surface area contributed by atoms with E-state index >= 15 is 0 Å². The average Bonchev–Trinajstić information content (AvgIpc) is 2.70. The van der Waals surface area contributed by atoms with E-state index in [1.165, 1.54) is 23.3 Å². The number of hydrogen-bond acceptors (Lipinski definition) is 2. The Kier molecular flexibility index (Phi) is 4.53. The van der Waals surface area contributed by atoms with Crippen LogP contribution >= 0.6 is 0 Å². The highest BCUT2D eigenvalue weighted by Gasteiger charge is 2.29. The Morgan fingerprint density at radius 2 is 1.62 bits per heavy atom. The van der Waals surface area contributed by atoms with Crippen molar-refractivity contribution in [1.29, 1.82) is 0 Å². The van der Waals surface area contributed by atoms with Crippen molar-refractivity contribution in [2.45, 2.75) is 18.9 Å². The van der Waals surface area contributed by atoms with Crippen molar-refractivity contribution in [3.63, 3.8) is 0 Å². The molecule has 1 heterocycles. The van der Waals surface area contributed by atoms with Crippen LogP contribution in [-0.2, 0) is 6.42 Å². The first-order valence-corrected chi connectivity index (χ1v) is 8.90. The smallest absolute Gasteiger partial charge is 0.165 e. The minimum absolute atomic E-state index is 0.0434. The molecule has 26 heavy (non-hydrogen) atoms. The molecule has 0 N–H and O–H groups in total. The van der Waals surface area contributed by atoms with Crippen molar-refractivity contribution in [1.82, 2.24) is 0 Å². The number of rotatable bonds is 4. The first-order chi connectivity index (χ1) is 12.7. The number of nitrogens with zero attached hydrogens (tertiary/aromatic N) is 1. The Bertz CT molecular complexity index is 905. The van der Waals surface area contributed by atoms with Crippen molar-refractivity contribution < 1.29 is 9.18 Å². The minimum Gasteiger partial charge on any atom is -0.364 e. The SMILES string of the molecule is O=C(CC1c2ccccc2CCN1c1ccc(F)cc1)c1ccccc1. The van der Waals surface area contributed by atoms with Crippen molar-refractivity contribution in [3.8, 4) is 0 Å². The molecule has 1 atom stereocenters. The van der Waals surface area contributed by atoms with Gasteiger partial charge in [-0.1, -0.05) is 54.6 Å². The molecule has 1 aliphatic heterocycles. The fraction of sp³-hybridized carbons (Fsp3) is 0.174. The highest BCUT2D eigenvalue weighted by molar-refractivity contribution is 5.96. The normalized spacial score (nSPS) is 16.2. The third-order valence-electron chi connectivity index (χ3n) is 5.05. The Morgan fingerprint density at radius 1 is 0.923 bits per heavy atom. The fourth-order valence-electron chi connectivity index (χ4n) is 3.73. The fourth-order valence-corrected chi connectivity index (χ4v) is 3.73. The molecule has 3 heteroatoms. The van der Waals surface area contributed by atoms with Gasteiger partial charge in [0.2, 0.25) is 0 Å². The summed E-state index contributed by atoms with van der Waals surface area (Å²) in [6.45, 7) is 0.815. The van der Waals surface area contributed by atoms with Gasteiger partial charge in [-0.25, -0.2) is 4.39 Å². The van der Waals surface area contributed by atoms with Crippen LogP contribution in [0, 0.1) is 5.82 Å². The van der Waals surface area contributed by atoms with Crippen LogP contribution in [0.1, 0.15) is 33.9 Å². The number of carbonyl (C=O) groups excluding carboxylic acids is 1. The van der Waals surface area contributed by atoms with Crippen LogP contribution in [0.5, 0.6) is 0 Å². The van der Waals surface area contributed by atoms with E-state index in [4.69, 9.17) is 0 Å². The number of hydrogen-bond donors (Lipinski definition) is 0. The maximum absolute atomic E-state index is 13.3. The summed E-state index contributed by atoms with van der Waals surface area (Å²) in [5.74, 6) is -0.123. The van der Waals surface area contributed by atoms with Crippen molar-refractivity contribution in [3.05, 3.63) is 101 Å². The van der Waals surface area contributed by atoms with Gasteiger partial charge in [-0.3, -0.25) is 4.79 Å². The lowest BCUT2D eigenvalue weighted by atomic mass is 9.88. The second-order valence-corrected chi connectivity index (χ2v) is 6.63. The van der Waals surface area contributed by atoms with Gasteiger partial charge < -0.3 is 4.90 Å². The molecule has 0 saturated carbocycles. The van der Waals surface area contributed by atoms with E-state index in [1.807, 2.05) is 42.5 Å². The molecule has 0 amide bonds. The summed E-state index contributed by atoms with van der Waals surface area (Å²) in [5, 5.41) is 0. The van der Waals surface area contributed by atoms with Crippen LogP contribution < -0.4 is 4.90 Å². The molecular weight excluding hydrogens is 325 g/mol. The molecule has 0 radical (unpaired) electrons. The monoisotopic (exact) mass is 345 g/mol. The van der Waals surface area contributed by atoms with Gasteiger partial charge in [0.15, 0.2) is 5.78 Å². The van der Waals surface area contributed by atoms with E-state index in [-0.39, 0.29) is 17.6 Å². The highest BCUT2D eigenvalue weighted by Crippen LogP contribution is 2.36. The lowest BCUT2D eigenvalue weighted by molar-refractivity contribution is 0.0972. The van der Waals surface area contributed by atoms with Gasteiger partial charge in [-0.2, -0.15) is 0 Å². The first-order valence-electron chi connectivity index (χ1n) is 8.90. The molecule has 0 spiro atoms. The topological polar surface area (TPSA) is 20.3 Å². The molecule has 4 rings (SSSR count). The maximum Gasteiger partial charge on any atom is 0.165 e. The van der Waals surface area contributed by atoms with E-state index in [9.17, 15) is 9.18 Å². The average molecular weight is 345 g/mol. The number of carbonyl (C=O) groups is 1. The van der Waals surface area contributed by atoms with E-state index in [2.05, 4.69) is 17.0 Å². The molecule has 0 saturated heterocycles. The summed E-state index contributed by atoms with van der Waals surface area (Å²) in [6.07, 6.45) is 1.32. The van der Waals surface area contributed by atoms with E-state index in [0.29, 0.717) is 6.42 Å². The van der Waals surface area contributed by atoms with Crippen molar-refractivity contribution in [2.24, 2.45) is 0 Å². The predicted molar refractivity (Wildman–Crippen MR) is 102 cm³/mol. The zero-order valence-corrected chi connectivity index (χ0v) is 14.4. The lowest BCUT2D eigenvalue weighted by Gasteiger charge is -2.39. The summed E-state index contributed by atoms with van der Waals surface area (Å²) in [4.78, 5) is 15.1. The molecule has 130 valence electrons. The first kappa shape index (κ1) is 16.5.